The second-order valence-electron chi connectivity index (χ2n) is 5.57. The number of rotatable bonds is 5. The number of benzene rings is 1. The molecule has 0 aliphatic heterocycles. The highest BCUT2D eigenvalue weighted by Gasteiger charge is 2.23. The molecule has 0 saturated heterocycles. The smallest absolute Gasteiger partial charge is 0.308 e. The topological polar surface area (TPSA) is 82.2 Å². The summed E-state index contributed by atoms with van der Waals surface area (Å²) in [5, 5.41) is 12.7. The zero-order valence-electron chi connectivity index (χ0n) is 12.4. The van der Waals surface area contributed by atoms with Crippen molar-refractivity contribution in [3.05, 3.63) is 35.5 Å². The molecule has 2 rings (SSSR count). The summed E-state index contributed by atoms with van der Waals surface area (Å²) in [4.78, 5) is 26.7. The number of fused-ring (bicyclic) bond motifs is 1. The number of aromatic amines is 1. The molecule has 0 spiro atoms. The molecule has 0 aliphatic rings. The van der Waals surface area contributed by atoms with Gasteiger partial charge in [0, 0.05) is 23.1 Å². The first-order chi connectivity index (χ1) is 9.91. The van der Waals surface area contributed by atoms with Crippen molar-refractivity contribution in [2.45, 2.75) is 20.8 Å². The summed E-state index contributed by atoms with van der Waals surface area (Å²) < 4.78 is 0. The molecule has 3 N–H and O–H groups in total. The molecular formula is C16H20N2O3. The Hall–Kier alpha value is -2.30. The van der Waals surface area contributed by atoms with Crippen LogP contribution in [0.5, 0.6) is 0 Å². The van der Waals surface area contributed by atoms with Crippen molar-refractivity contribution in [2.24, 2.45) is 11.8 Å². The lowest BCUT2D eigenvalue weighted by Gasteiger charge is -2.16. The molecule has 0 aliphatic carbocycles. The van der Waals surface area contributed by atoms with Gasteiger partial charge in [-0.3, -0.25) is 9.59 Å². The molecule has 1 aromatic heterocycles. The van der Waals surface area contributed by atoms with Gasteiger partial charge >= 0.3 is 5.97 Å². The van der Waals surface area contributed by atoms with Gasteiger partial charge in [-0.2, -0.15) is 0 Å². The molecule has 1 atom stereocenters. The van der Waals surface area contributed by atoms with Gasteiger partial charge in [-0.15, -0.1) is 0 Å². The fraction of sp³-hybridized carbons (Fsp3) is 0.375. The molecular weight excluding hydrogens is 268 g/mol. The number of aromatic nitrogens is 1. The molecule has 5 heteroatoms. The van der Waals surface area contributed by atoms with E-state index in [1.54, 1.807) is 0 Å². The van der Waals surface area contributed by atoms with Crippen LogP contribution in [-0.2, 0) is 4.79 Å². The Labute approximate surface area is 123 Å². The summed E-state index contributed by atoms with van der Waals surface area (Å²) in [6, 6.07) is 7.57. The number of hydrogen-bond acceptors (Lipinski definition) is 2. The molecule has 0 radical (unpaired) electrons. The molecule has 1 aromatic carbocycles. The van der Waals surface area contributed by atoms with Crippen molar-refractivity contribution in [2.75, 3.05) is 6.54 Å². The maximum Gasteiger partial charge on any atom is 0.308 e. The van der Waals surface area contributed by atoms with Crippen LogP contribution in [0.4, 0.5) is 0 Å². The minimum atomic E-state index is -0.888. The maximum absolute atomic E-state index is 12.4. The Kier molecular flexibility index (Phi) is 4.31. The molecule has 21 heavy (non-hydrogen) atoms. The van der Waals surface area contributed by atoms with Gasteiger partial charge in [-0.1, -0.05) is 32.0 Å². The molecule has 5 nitrogen and oxygen atoms in total. The average Bonchev–Trinajstić information content (AvgIpc) is 2.73. The van der Waals surface area contributed by atoms with Crippen LogP contribution in [-0.4, -0.2) is 28.5 Å². The molecule has 2 aromatic rings. The van der Waals surface area contributed by atoms with Gasteiger partial charge < -0.3 is 15.4 Å². The Morgan fingerprint density at radius 2 is 1.95 bits per heavy atom. The van der Waals surface area contributed by atoms with Crippen molar-refractivity contribution in [3.8, 4) is 0 Å². The van der Waals surface area contributed by atoms with Crippen molar-refractivity contribution >= 4 is 22.8 Å². The number of carbonyl (C=O) groups excluding carboxylic acids is 1. The van der Waals surface area contributed by atoms with Crippen LogP contribution in [0.2, 0.25) is 0 Å². The number of carbonyl (C=O) groups is 2. The van der Waals surface area contributed by atoms with Crippen LogP contribution in [0, 0.1) is 18.8 Å². The molecule has 1 amide bonds. The van der Waals surface area contributed by atoms with Crippen molar-refractivity contribution in [3.63, 3.8) is 0 Å². The van der Waals surface area contributed by atoms with Gasteiger partial charge in [0.25, 0.3) is 5.91 Å². The number of carboxylic acids is 1. The van der Waals surface area contributed by atoms with E-state index >= 15 is 0 Å². The average molecular weight is 288 g/mol. The van der Waals surface area contributed by atoms with Crippen LogP contribution < -0.4 is 5.32 Å². The van der Waals surface area contributed by atoms with Crippen LogP contribution in [0.3, 0.4) is 0 Å². The second-order valence-corrected chi connectivity index (χ2v) is 5.57. The van der Waals surface area contributed by atoms with Gasteiger partial charge in [0.2, 0.25) is 0 Å². The number of amides is 1. The highest BCUT2D eigenvalue weighted by atomic mass is 16.4. The van der Waals surface area contributed by atoms with E-state index in [1.807, 2.05) is 45.0 Å². The van der Waals surface area contributed by atoms with Gasteiger partial charge in [0.05, 0.1) is 11.5 Å². The second kappa shape index (κ2) is 5.99. The Bertz CT molecular complexity index is 673. The van der Waals surface area contributed by atoms with Crippen molar-refractivity contribution < 1.29 is 14.7 Å². The quantitative estimate of drug-likeness (QED) is 0.790. The normalized spacial score (nSPS) is 12.6. The third-order valence-electron chi connectivity index (χ3n) is 3.73. The number of hydrogen-bond donors (Lipinski definition) is 3. The number of aryl methyl sites for hydroxylation is 1. The molecule has 0 fully saturated rings. The summed E-state index contributed by atoms with van der Waals surface area (Å²) in [6.45, 7) is 5.64. The number of para-hydroxylation sites is 1. The maximum atomic E-state index is 12.4. The first kappa shape index (κ1) is 15.1. The van der Waals surface area contributed by atoms with E-state index in [-0.39, 0.29) is 18.4 Å². The fourth-order valence-corrected chi connectivity index (χ4v) is 2.47. The van der Waals surface area contributed by atoms with E-state index in [9.17, 15) is 9.59 Å². The van der Waals surface area contributed by atoms with Crippen LogP contribution in [0.1, 0.15) is 29.9 Å². The third-order valence-corrected chi connectivity index (χ3v) is 3.73. The van der Waals surface area contributed by atoms with Gasteiger partial charge in [0.15, 0.2) is 0 Å². The summed E-state index contributed by atoms with van der Waals surface area (Å²) >= 11 is 0. The number of H-pyrrole nitrogens is 1. The van der Waals surface area contributed by atoms with E-state index in [4.69, 9.17) is 5.11 Å². The van der Waals surface area contributed by atoms with Crippen molar-refractivity contribution in [1.82, 2.24) is 10.3 Å². The molecule has 0 saturated carbocycles. The lowest BCUT2D eigenvalue weighted by atomic mass is 9.96. The summed E-state index contributed by atoms with van der Waals surface area (Å²) in [7, 11) is 0. The van der Waals surface area contributed by atoms with Gasteiger partial charge in [-0.25, -0.2) is 0 Å². The highest BCUT2D eigenvalue weighted by Crippen LogP contribution is 2.21. The minimum Gasteiger partial charge on any atom is -0.481 e. The number of nitrogens with one attached hydrogen (secondary N) is 2. The minimum absolute atomic E-state index is 0.0353. The monoisotopic (exact) mass is 288 g/mol. The molecule has 1 unspecified atom stereocenters. The Balaban J connectivity index is 2.19. The molecule has 1 heterocycles. The predicted molar refractivity (Wildman–Crippen MR) is 81.3 cm³/mol. The third kappa shape index (κ3) is 3.07. The zero-order valence-corrected chi connectivity index (χ0v) is 12.4. The Morgan fingerprint density at radius 3 is 2.57 bits per heavy atom. The van der Waals surface area contributed by atoms with Crippen LogP contribution in [0.25, 0.3) is 10.9 Å². The largest absolute Gasteiger partial charge is 0.481 e. The van der Waals surface area contributed by atoms with E-state index in [2.05, 4.69) is 10.3 Å². The van der Waals surface area contributed by atoms with Crippen molar-refractivity contribution in [1.29, 1.82) is 0 Å². The highest BCUT2D eigenvalue weighted by molar-refractivity contribution is 6.08. The first-order valence-corrected chi connectivity index (χ1v) is 7.00. The summed E-state index contributed by atoms with van der Waals surface area (Å²) in [5.74, 6) is -1.75. The number of carboxylic acid groups (broad SMARTS) is 1. The molecule has 112 valence electrons. The predicted octanol–water partition coefficient (Wildman–Crippen LogP) is 2.56. The van der Waals surface area contributed by atoms with Gasteiger partial charge in [0.1, 0.15) is 0 Å². The van der Waals surface area contributed by atoms with E-state index < -0.39 is 11.9 Å². The van der Waals surface area contributed by atoms with Crippen LogP contribution >= 0.6 is 0 Å². The van der Waals surface area contributed by atoms with E-state index in [0.717, 1.165) is 16.6 Å². The zero-order chi connectivity index (χ0) is 15.6. The van der Waals surface area contributed by atoms with E-state index in [0.29, 0.717) is 5.56 Å². The lowest BCUT2D eigenvalue weighted by molar-refractivity contribution is -0.142. The summed E-state index contributed by atoms with van der Waals surface area (Å²) in [5.41, 5.74) is 2.27. The molecule has 0 bridgehead atoms. The van der Waals surface area contributed by atoms with E-state index in [1.165, 1.54) is 0 Å². The lowest BCUT2D eigenvalue weighted by Crippen LogP contribution is -2.35. The standard InChI is InChI=1S/C16H20N2O3/c1-9(2)12(16(20)21)8-17-15(19)14-10(3)18-13-7-5-4-6-11(13)14/h4-7,9,12,18H,8H2,1-3H3,(H,17,19)(H,20,21). The summed E-state index contributed by atoms with van der Waals surface area (Å²) in [6.07, 6.45) is 0. The number of aliphatic carboxylic acids is 1. The van der Waals surface area contributed by atoms with Gasteiger partial charge in [-0.05, 0) is 18.9 Å². The SMILES string of the molecule is Cc1[nH]c2ccccc2c1C(=O)NCC(C(=O)O)C(C)C. The fourth-order valence-electron chi connectivity index (χ4n) is 2.47. The Morgan fingerprint density at radius 1 is 1.29 bits per heavy atom. The first-order valence-electron chi connectivity index (χ1n) is 7.00. The van der Waals surface area contributed by atoms with Crippen LogP contribution in [0.15, 0.2) is 24.3 Å².